The zero-order chi connectivity index (χ0) is 54.8. The van der Waals surface area contributed by atoms with Crippen LogP contribution in [0.25, 0.3) is 21.8 Å². The minimum atomic E-state index is 0.0972. The molecule has 77 heavy (non-hydrogen) atoms. The number of rotatable bonds is 24. The molecule has 0 aliphatic rings. The summed E-state index contributed by atoms with van der Waals surface area (Å²) in [5, 5.41) is 47.4. The Bertz CT molecular complexity index is 3230. The number of anilines is 4. The Kier molecular flexibility index (Phi) is 22.8. The number of aliphatic hydroxyl groups excluding tert-OH is 2. The van der Waals surface area contributed by atoms with Gasteiger partial charge in [0.2, 0.25) is 0 Å². The number of nitrogens with one attached hydrogen (secondary N) is 3. The second-order valence-electron chi connectivity index (χ2n) is 16.2. The number of hydrogen-bond donors (Lipinski definition) is 6. The predicted molar refractivity (Wildman–Crippen MR) is 299 cm³/mol. The van der Waals surface area contributed by atoms with Crippen LogP contribution in [0.4, 0.5) is 22.7 Å². The molecule has 2 aromatic heterocycles. The van der Waals surface area contributed by atoms with E-state index in [1.54, 1.807) is 46.9 Å². The van der Waals surface area contributed by atoms with Crippen molar-refractivity contribution in [3.05, 3.63) is 145 Å². The van der Waals surface area contributed by atoms with Crippen LogP contribution in [0.5, 0.6) is 57.5 Å². The lowest BCUT2D eigenvalue weighted by atomic mass is 10.1. The fourth-order valence-electron chi connectivity index (χ4n) is 7.37. The topological polar surface area (TPSA) is 250 Å². The lowest BCUT2D eigenvalue weighted by Crippen LogP contribution is -2.20. The van der Waals surface area contributed by atoms with Crippen LogP contribution in [0.3, 0.4) is 0 Å². The highest BCUT2D eigenvalue weighted by molar-refractivity contribution is 6.17. The van der Waals surface area contributed by atoms with Crippen molar-refractivity contribution in [2.24, 2.45) is 5.73 Å². The van der Waals surface area contributed by atoms with Gasteiger partial charge in [0.15, 0.2) is 46.0 Å². The number of halogens is 1. The molecule has 18 nitrogen and oxygen atoms in total. The zero-order valence-corrected chi connectivity index (χ0v) is 43.9. The molecule has 19 heteroatoms. The Morgan fingerprint density at radius 1 is 0.532 bits per heavy atom. The van der Waals surface area contributed by atoms with Crippen LogP contribution in [0.1, 0.15) is 24.0 Å². The van der Waals surface area contributed by atoms with Gasteiger partial charge in [-0.25, -0.2) is 0 Å². The summed E-state index contributed by atoms with van der Waals surface area (Å²) in [7, 11) is 6.35. The molecule has 2 heterocycles. The highest BCUT2D eigenvalue weighted by Gasteiger charge is 2.17. The normalized spacial score (nSPS) is 10.4. The van der Waals surface area contributed by atoms with E-state index >= 15 is 0 Å². The van der Waals surface area contributed by atoms with Gasteiger partial charge in [0.05, 0.1) is 88.4 Å². The number of aliphatic hydroxyl groups is 2. The molecular formula is C58H61ClN8O10. The summed E-state index contributed by atoms with van der Waals surface area (Å²) < 4.78 is 45.5. The molecule has 0 amide bonds. The largest absolute Gasteiger partial charge is 0.493 e. The van der Waals surface area contributed by atoms with E-state index in [0.717, 1.165) is 35.1 Å². The maximum atomic E-state index is 9.76. The van der Waals surface area contributed by atoms with Crippen LogP contribution < -0.4 is 59.6 Å². The highest BCUT2D eigenvalue weighted by Crippen LogP contribution is 2.40. The predicted octanol–water partition coefficient (Wildman–Crippen LogP) is 10.6. The summed E-state index contributed by atoms with van der Waals surface area (Å²) in [5.41, 5.74) is 9.72. The molecule has 8 rings (SSSR count). The number of pyridine rings is 2. The summed E-state index contributed by atoms with van der Waals surface area (Å²) in [6.07, 6.45) is 4.57. The summed E-state index contributed by atoms with van der Waals surface area (Å²) in [6, 6.07) is 41.4. The SMILES string of the molecule is COc1cc2c(Nc3ccc(Oc4ccccc4OC)cc3)c(C#N)cnc2cc1OCCCCl.COc1cc2c(Nc3ccc(Oc4ccccc4OC)cc3)c(C#N)cnc2cc1OCCCNCCO.NCCO. The van der Waals surface area contributed by atoms with Gasteiger partial charge in [-0.1, -0.05) is 24.3 Å². The van der Waals surface area contributed by atoms with Gasteiger partial charge >= 0.3 is 0 Å². The molecule has 0 unspecified atom stereocenters. The molecule has 0 saturated carbocycles. The van der Waals surface area contributed by atoms with Crippen molar-refractivity contribution in [2.45, 2.75) is 12.8 Å². The van der Waals surface area contributed by atoms with E-state index in [0.29, 0.717) is 130 Å². The summed E-state index contributed by atoms with van der Waals surface area (Å²) in [6.45, 7) is 2.81. The first-order valence-corrected chi connectivity index (χ1v) is 24.9. The van der Waals surface area contributed by atoms with Crippen molar-refractivity contribution in [1.82, 2.24) is 15.3 Å². The third kappa shape index (κ3) is 16.1. The molecule has 0 fully saturated rings. The molecule has 400 valence electrons. The third-order valence-electron chi connectivity index (χ3n) is 11.1. The maximum absolute atomic E-state index is 9.76. The Balaban J connectivity index is 0.000000234. The lowest BCUT2D eigenvalue weighted by molar-refractivity contribution is 0.275. The molecule has 0 saturated heterocycles. The number of methoxy groups -OCH3 is 4. The first-order valence-electron chi connectivity index (χ1n) is 24.4. The summed E-state index contributed by atoms with van der Waals surface area (Å²) in [5.74, 6) is 6.59. The van der Waals surface area contributed by atoms with E-state index in [2.05, 4.69) is 38.1 Å². The minimum absolute atomic E-state index is 0.0972. The number of nitriles is 2. The van der Waals surface area contributed by atoms with Gasteiger partial charge in [-0.15, -0.1) is 11.6 Å². The molecule has 0 radical (unpaired) electrons. The molecule has 8 aromatic rings. The van der Waals surface area contributed by atoms with Crippen LogP contribution in [0.2, 0.25) is 0 Å². The Morgan fingerprint density at radius 2 is 0.948 bits per heavy atom. The smallest absolute Gasteiger partial charge is 0.169 e. The highest BCUT2D eigenvalue weighted by atomic mass is 35.5. The summed E-state index contributed by atoms with van der Waals surface area (Å²) >= 11 is 5.76. The Labute approximate surface area is 452 Å². The number of aromatic nitrogens is 2. The molecule has 0 atom stereocenters. The van der Waals surface area contributed by atoms with Gasteiger partial charge in [-0.2, -0.15) is 10.5 Å². The van der Waals surface area contributed by atoms with Crippen LogP contribution in [-0.4, -0.2) is 101 Å². The van der Waals surface area contributed by atoms with Crippen LogP contribution in [0.15, 0.2) is 134 Å². The molecule has 6 aromatic carbocycles. The number of nitrogens with zero attached hydrogens (tertiary/aromatic N) is 4. The van der Waals surface area contributed by atoms with Crippen molar-refractivity contribution in [3.63, 3.8) is 0 Å². The molecule has 0 bridgehead atoms. The monoisotopic (exact) mass is 1060 g/mol. The van der Waals surface area contributed by atoms with Crippen molar-refractivity contribution >= 4 is 56.2 Å². The van der Waals surface area contributed by atoms with Gasteiger partial charge in [-0.3, -0.25) is 9.97 Å². The Hall–Kier alpha value is -8.75. The van der Waals surface area contributed by atoms with Crippen molar-refractivity contribution in [2.75, 3.05) is 91.0 Å². The van der Waals surface area contributed by atoms with E-state index in [1.807, 2.05) is 115 Å². The first-order chi connectivity index (χ1) is 37.7. The average Bonchev–Trinajstić information content (AvgIpc) is 3.48. The number of ether oxygens (including phenoxy) is 8. The van der Waals surface area contributed by atoms with E-state index < -0.39 is 0 Å². The van der Waals surface area contributed by atoms with Gasteiger partial charge in [0.25, 0.3) is 0 Å². The van der Waals surface area contributed by atoms with Crippen molar-refractivity contribution < 1.29 is 48.1 Å². The van der Waals surface area contributed by atoms with Gasteiger partial charge in [-0.05, 0) is 104 Å². The number of para-hydroxylation sites is 4. The van der Waals surface area contributed by atoms with E-state index in [4.69, 9.17) is 65.4 Å². The average molecular weight is 1070 g/mol. The van der Waals surface area contributed by atoms with Gasteiger partial charge in [0, 0.05) is 65.6 Å². The molecule has 7 N–H and O–H groups in total. The molecule has 0 aliphatic carbocycles. The number of hydrogen-bond acceptors (Lipinski definition) is 18. The molecule has 0 aliphatic heterocycles. The minimum Gasteiger partial charge on any atom is -0.493 e. The standard InChI is InChI=1S/C29H30N4O5.C27H24ClN3O4.C2H7NO/c1-35-25-6-3-4-7-26(25)38-22-10-8-21(9-11-22)33-29-20(18-30)19-32-24-17-28(27(36-2)16-23(24)29)37-15-5-12-31-13-14-34;1-32-23-6-3-4-7-24(23)35-20-10-8-19(9-11-20)31-27-18(16-29)17-30-22-15-26(34-13-5-12-28)25(33-2)14-21(22)27;3-1-2-4/h3-4,6-11,16-17,19,31,34H,5,12-15H2,1-2H3,(H,32,33);3-4,6-11,14-15,17H,5,12-13H2,1-2H3,(H,30,31);4H,1-3H2. The lowest BCUT2D eigenvalue weighted by Gasteiger charge is -2.16. The number of benzene rings is 6. The zero-order valence-electron chi connectivity index (χ0n) is 43.2. The van der Waals surface area contributed by atoms with E-state index in [1.165, 1.54) is 0 Å². The first kappa shape index (κ1) is 57.5. The van der Waals surface area contributed by atoms with Gasteiger partial charge < -0.3 is 69.8 Å². The number of nitrogens with two attached hydrogens (primary N) is 1. The molecular weight excluding hydrogens is 1000 g/mol. The number of fused-ring (bicyclic) bond motifs is 2. The fourth-order valence-corrected chi connectivity index (χ4v) is 7.47. The van der Waals surface area contributed by atoms with Crippen LogP contribution in [0, 0.1) is 22.7 Å². The number of alkyl halides is 1. The quantitative estimate of drug-likeness (QED) is 0.0243. The maximum Gasteiger partial charge on any atom is 0.169 e. The Morgan fingerprint density at radius 3 is 1.32 bits per heavy atom. The van der Waals surface area contributed by atoms with Crippen LogP contribution >= 0.6 is 11.6 Å². The molecule has 0 spiro atoms. The second-order valence-corrected chi connectivity index (χ2v) is 16.6. The third-order valence-corrected chi connectivity index (χ3v) is 11.4. The van der Waals surface area contributed by atoms with E-state index in [9.17, 15) is 10.5 Å². The van der Waals surface area contributed by atoms with Crippen molar-refractivity contribution in [3.8, 4) is 69.6 Å². The summed E-state index contributed by atoms with van der Waals surface area (Å²) in [4.78, 5) is 8.91. The van der Waals surface area contributed by atoms with Crippen LogP contribution in [-0.2, 0) is 0 Å². The second kappa shape index (κ2) is 30.6. The van der Waals surface area contributed by atoms with Gasteiger partial charge in [0.1, 0.15) is 23.6 Å². The van der Waals surface area contributed by atoms with E-state index in [-0.39, 0.29) is 13.2 Å². The van der Waals surface area contributed by atoms with Crippen molar-refractivity contribution in [1.29, 1.82) is 10.5 Å². The fraction of sp³-hybridized carbons (Fsp3) is 0.241.